The minimum absolute atomic E-state index is 0.0333. The first kappa shape index (κ1) is 14.6. The molecule has 0 saturated carbocycles. The Hall–Kier alpha value is -1.31. The van der Waals surface area contributed by atoms with E-state index in [1.807, 2.05) is 24.3 Å². The number of alkyl halides is 3. The Kier molecular flexibility index (Phi) is 3.81. The molecule has 2 nitrogen and oxygen atoms in total. The van der Waals surface area contributed by atoms with Crippen LogP contribution in [0.4, 0.5) is 13.2 Å². The number of fused-ring (bicyclic) bond motifs is 1. The Labute approximate surface area is 131 Å². The molecule has 0 spiro atoms. The normalized spacial score (nSPS) is 12.0. The van der Waals surface area contributed by atoms with Gasteiger partial charge < -0.3 is 0 Å². The Morgan fingerprint density at radius 2 is 1.95 bits per heavy atom. The maximum Gasteiger partial charge on any atom is 0.417 e. The van der Waals surface area contributed by atoms with E-state index in [-0.39, 0.29) is 5.02 Å². The van der Waals surface area contributed by atoms with E-state index in [9.17, 15) is 13.2 Å². The van der Waals surface area contributed by atoms with E-state index >= 15 is 0 Å². The second-order valence-electron chi connectivity index (χ2n) is 4.06. The Bertz CT molecular complexity index is 768. The standard InChI is InChI=1S/C13H6ClF3N2S2/c14-8-5-7(13(15,16)17)6-18-11(8)21-12-19-9-3-1-2-4-10(9)20-12/h1-6H. The summed E-state index contributed by atoms with van der Waals surface area (Å²) in [5.41, 5.74) is -0.0193. The Morgan fingerprint density at radius 1 is 1.19 bits per heavy atom. The van der Waals surface area contributed by atoms with Gasteiger partial charge in [0.05, 0.1) is 20.8 Å². The van der Waals surface area contributed by atoms with E-state index in [1.54, 1.807) is 0 Å². The molecule has 0 aliphatic carbocycles. The lowest BCUT2D eigenvalue weighted by molar-refractivity contribution is -0.137. The first-order valence-corrected chi connectivity index (χ1v) is 7.71. The van der Waals surface area contributed by atoms with Crippen LogP contribution < -0.4 is 0 Å². The summed E-state index contributed by atoms with van der Waals surface area (Å²) >= 11 is 8.48. The lowest BCUT2D eigenvalue weighted by Crippen LogP contribution is -2.05. The number of halogens is 4. The van der Waals surface area contributed by atoms with Crippen molar-refractivity contribution in [2.75, 3.05) is 0 Å². The van der Waals surface area contributed by atoms with Crippen molar-refractivity contribution in [1.29, 1.82) is 0 Å². The van der Waals surface area contributed by atoms with Crippen molar-refractivity contribution in [3.05, 3.63) is 47.1 Å². The van der Waals surface area contributed by atoms with Gasteiger partial charge >= 0.3 is 6.18 Å². The highest BCUT2D eigenvalue weighted by Gasteiger charge is 2.31. The molecule has 0 radical (unpaired) electrons. The van der Waals surface area contributed by atoms with Gasteiger partial charge in [0.15, 0.2) is 4.34 Å². The van der Waals surface area contributed by atoms with Gasteiger partial charge in [-0.3, -0.25) is 0 Å². The van der Waals surface area contributed by atoms with Gasteiger partial charge in [-0.1, -0.05) is 23.7 Å². The Morgan fingerprint density at radius 3 is 2.62 bits per heavy atom. The fourth-order valence-corrected chi connectivity index (χ4v) is 3.86. The molecule has 0 aliphatic heterocycles. The van der Waals surface area contributed by atoms with Crippen LogP contribution in [0.15, 0.2) is 45.9 Å². The van der Waals surface area contributed by atoms with E-state index in [0.29, 0.717) is 9.37 Å². The van der Waals surface area contributed by atoms with Gasteiger partial charge in [0, 0.05) is 6.20 Å². The zero-order chi connectivity index (χ0) is 15.0. The molecule has 1 aromatic carbocycles. The highest BCUT2D eigenvalue weighted by molar-refractivity contribution is 8.01. The number of hydrogen-bond donors (Lipinski definition) is 0. The van der Waals surface area contributed by atoms with Crippen molar-refractivity contribution < 1.29 is 13.2 Å². The largest absolute Gasteiger partial charge is 0.417 e. The van der Waals surface area contributed by atoms with Gasteiger partial charge in [-0.15, -0.1) is 11.3 Å². The molecule has 0 fully saturated rings. The molecule has 0 N–H and O–H groups in total. The van der Waals surface area contributed by atoms with E-state index < -0.39 is 11.7 Å². The van der Waals surface area contributed by atoms with Crippen LogP contribution in [0.1, 0.15) is 5.56 Å². The number of hydrogen-bond acceptors (Lipinski definition) is 4. The molecule has 0 atom stereocenters. The van der Waals surface area contributed by atoms with Crippen molar-refractivity contribution in [2.24, 2.45) is 0 Å². The van der Waals surface area contributed by atoms with Crippen LogP contribution >= 0.6 is 34.7 Å². The summed E-state index contributed by atoms with van der Waals surface area (Å²) in [5, 5.41) is 0.276. The first-order chi connectivity index (χ1) is 9.93. The quantitative estimate of drug-likeness (QED) is 0.611. The van der Waals surface area contributed by atoms with Crippen LogP contribution in [0.5, 0.6) is 0 Å². The number of aromatic nitrogens is 2. The summed E-state index contributed by atoms with van der Waals surface area (Å²) in [7, 11) is 0. The van der Waals surface area contributed by atoms with E-state index in [2.05, 4.69) is 9.97 Å². The van der Waals surface area contributed by atoms with Gasteiger partial charge in [-0.25, -0.2) is 9.97 Å². The van der Waals surface area contributed by atoms with Crippen LogP contribution in [0, 0.1) is 0 Å². The molecule has 2 heterocycles. The fraction of sp³-hybridized carbons (Fsp3) is 0.0769. The zero-order valence-electron chi connectivity index (χ0n) is 10.2. The third kappa shape index (κ3) is 3.14. The number of nitrogens with zero attached hydrogens (tertiary/aromatic N) is 2. The van der Waals surface area contributed by atoms with Gasteiger partial charge in [0.25, 0.3) is 0 Å². The molecule has 0 bridgehead atoms. The predicted octanol–water partition coefficient (Wildman–Crippen LogP) is 5.51. The maximum atomic E-state index is 12.6. The molecule has 108 valence electrons. The molecule has 0 saturated heterocycles. The summed E-state index contributed by atoms with van der Waals surface area (Å²) in [6, 6.07) is 8.46. The Balaban J connectivity index is 1.91. The summed E-state index contributed by atoms with van der Waals surface area (Å²) in [5.74, 6) is 0. The van der Waals surface area contributed by atoms with Crippen LogP contribution in [-0.2, 0) is 6.18 Å². The molecule has 8 heteroatoms. The van der Waals surface area contributed by atoms with Gasteiger partial charge in [0.2, 0.25) is 0 Å². The van der Waals surface area contributed by atoms with E-state index in [1.165, 1.54) is 11.3 Å². The fourth-order valence-electron chi connectivity index (χ4n) is 1.63. The van der Waals surface area contributed by atoms with Crippen molar-refractivity contribution >= 4 is 44.9 Å². The average molecular weight is 347 g/mol. The highest BCUT2D eigenvalue weighted by atomic mass is 35.5. The van der Waals surface area contributed by atoms with Crippen LogP contribution in [0.25, 0.3) is 10.2 Å². The topological polar surface area (TPSA) is 25.8 Å². The molecule has 0 unspecified atom stereocenters. The summed E-state index contributed by atoms with van der Waals surface area (Å²) in [6.45, 7) is 0. The monoisotopic (exact) mass is 346 g/mol. The maximum absolute atomic E-state index is 12.6. The van der Waals surface area contributed by atoms with Crippen LogP contribution in [-0.4, -0.2) is 9.97 Å². The third-order valence-electron chi connectivity index (χ3n) is 2.59. The minimum atomic E-state index is -4.45. The number of rotatable bonds is 2. The van der Waals surface area contributed by atoms with Crippen LogP contribution in [0.2, 0.25) is 5.02 Å². The van der Waals surface area contributed by atoms with Crippen LogP contribution in [0.3, 0.4) is 0 Å². The second kappa shape index (κ2) is 5.47. The predicted molar refractivity (Wildman–Crippen MR) is 78.0 cm³/mol. The van der Waals surface area contributed by atoms with Crippen molar-refractivity contribution in [3.63, 3.8) is 0 Å². The highest BCUT2D eigenvalue weighted by Crippen LogP contribution is 2.38. The molecule has 21 heavy (non-hydrogen) atoms. The lowest BCUT2D eigenvalue weighted by atomic mass is 10.3. The average Bonchev–Trinajstić information content (AvgIpc) is 2.82. The van der Waals surface area contributed by atoms with E-state index in [4.69, 9.17) is 11.6 Å². The summed E-state index contributed by atoms with van der Waals surface area (Å²) in [6.07, 6.45) is -3.67. The first-order valence-electron chi connectivity index (χ1n) is 5.69. The van der Waals surface area contributed by atoms with E-state index in [0.717, 1.165) is 34.2 Å². The molecule has 0 aliphatic rings. The smallest absolute Gasteiger partial charge is 0.247 e. The molecular formula is C13H6ClF3N2S2. The SMILES string of the molecule is FC(F)(F)c1cnc(Sc2nc3ccccc3s2)c(Cl)c1. The zero-order valence-corrected chi connectivity index (χ0v) is 12.6. The summed E-state index contributed by atoms with van der Waals surface area (Å²) in [4.78, 5) is 8.17. The van der Waals surface area contributed by atoms with Gasteiger partial charge in [-0.05, 0) is 30.0 Å². The number of para-hydroxylation sites is 1. The number of thiazole rings is 1. The second-order valence-corrected chi connectivity index (χ2v) is 6.73. The van der Waals surface area contributed by atoms with Gasteiger partial charge in [-0.2, -0.15) is 13.2 Å². The molecule has 3 aromatic rings. The lowest BCUT2D eigenvalue weighted by Gasteiger charge is -2.07. The molecule has 0 amide bonds. The molecular weight excluding hydrogens is 341 g/mol. The third-order valence-corrected chi connectivity index (χ3v) is 5.11. The van der Waals surface area contributed by atoms with Crippen molar-refractivity contribution in [3.8, 4) is 0 Å². The summed E-state index contributed by atoms with van der Waals surface area (Å²) < 4.78 is 39.3. The number of pyridine rings is 1. The van der Waals surface area contributed by atoms with Gasteiger partial charge in [0.1, 0.15) is 5.03 Å². The molecule has 2 aromatic heterocycles. The number of benzene rings is 1. The van der Waals surface area contributed by atoms with Crippen molar-refractivity contribution in [2.45, 2.75) is 15.5 Å². The molecule has 3 rings (SSSR count). The van der Waals surface area contributed by atoms with Crippen molar-refractivity contribution in [1.82, 2.24) is 9.97 Å². The minimum Gasteiger partial charge on any atom is -0.247 e.